The minimum atomic E-state index is -0.0884. The van der Waals surface area contributed by atoms with Crippen molar-refractivity contribution in [2.45, 2.75) is 19.5 Å². The lowest BCUT2D eigenvalue weighted by atomic mass is 10.1. The number of aromatic amines is 1. The summed E-state index contributed by atoms with van der Waals surface area (Å²) in [6.07, 6.45) is 2.74. The maximum absolute atomic E-state index is 9.52. The molecular weight excluding hydrogens is 274 g/mol. The number of H-pyrrole nitrogens is 1. The molecule has 104 valence electrons. The highest BCUT2D eigenvalue weighted by atomic mass is 32.1. The van der Waals surface area contributed by atoms with Crippen LogP contribution in [0.5, 0.6) is 11.5 Å². The zero-order chi connectivity index (χ0) is 14.1. The van der Waals surface area contributed by atoms with Crippen molar-refractivity contribution in [2.75, 3.05) is 6.54 Å². The van der Waals surface area contributed by atoms with Crippen molar-refractivity contribution in [1.29, 1.82) is 0 Å². The van der Waals surface area contributed by atoms with E-state index in [1.165, 1.54) is 6.07 Å². The zero-order valence-corrected chi connectivity index (χ0v) is 11.7. The van der Waals surface area contributed by atoms with Crippen molar-refractivity contribution in [3.05, 3.63) is 46.0 Å². The molecule has 0 radical (unpaired) electrons. The van der Waals surface area contributed by atoms with Crippen molar-refractivity contribution in [1.82, 2.24) is 14.9 Å². The normalized spacial score (nSPS) is 15.0. The summed E-state index contributed by atoms with van der Waals surface area (Å²) >= 11 is 5.03. The van der Waals surface area contributed by atoms with Gasteiger partial charge in [0.25, 0.3) is 0 Å². The van der Waals surface area contributed by atoms with Gasteiger partial charge in [0.15, 0.2) is 16.3 Å². The number of aromatic hydroxyl groups is 2. The third kappa shape index (κ3) is 2.66. The van der Waals surface area contributed by atoms with Crippen LogP contribution in [0.25, 0.3) is 0 Å². The van der Waals surface area contributed by atoms with Gasteiger partial charge in [-0.25, -0.2) is 4.98 Å². The molecule has 1 aliphatic heterocycles. The van der Waals surface area contributed by atoms with Crippen molar-refractivity contribution < 1.29 is 10.2 Å². The summed E-state index contributed by atoms with van der Waals surface area (Å²) in [5.41, 5.74) is 3.29. The van der Waals surface area contributed by atoms with Crippen LogP contribution in [0, 0.1) is 4.77 Å². The van der Waals surface area contributed by atoms with E-state index in [1.807, 2.05) is 12.3 Å². The van der Waals surface area contributed by atoms with E-state index in [0.717, 1.165) is 42.9 Å². The van der Waals surface area contributed by atoms with Crippen LogP contribution in [0.4, 0.5) is 0 Å². The number of nitrogens with zero attached hydrogens (tertiary/aromatic N) is 2. The monoisotopic (exact) mass is 289 g/mol. The number of hydrogen-bond donors (Lipinski definition) is 3. The largest absolute Gasteiger partial charge is 0.504 e. The molecule has 3 N–H and O–H groups in total. The topological polar surface area (TPSA) is 72.4 Å². The Morgan fingerprint density at radius 1 is 1.30 bits per heavy atom. The molecule has 1 aliphatic rings. The second-order valence-corrected chi connectivity index (χ2v) is 5.36. The molecule has 1 aromatic heterocycles. The van der Waals surface area contributed by atoms with Gasteiger partial charge in [-0.2, -0.15) is 0 Å². The number of benzene rings is 1. The third-order valence-corrected chi connectivity index (χ3v) is 3.71. The Labute approximate surface area is 121 Å². The van der Waals surface area contributed by atoms with E-state index in [1.54, 1.807) is 6.07 Å². The predicted molar refractivity (Wildman–Crippen MR) is 77.0 cm³/mol. The van der Waals surface area contributed by atoms with E-state index in [2.05, 4.69) is 14.9 Å². The lowest BCUT2D eigenvalue weighted by Gasteiger charge is -2.28. The van der Waals surface area contributed by atoms with Gasteiger partial charge in [0, 0.05) is 43.5 Å². The first-order chi connectivity index (χ1) is 9.61. The number of aromatic nitrogens is 2. The van der Waals surface area contributed by atoms with Gasteiger partial charge in [-0.1, -0.05) is 6.07 Å². The average Bonchev–Trinajstić information content (AvgIpc) is 2.43. The number of hydrogen-bond acceptors (Lipinski definition) is 5. The summed E-state index contributed by atoms with van der Waals surface area (Å²) in [4.78, 5) is 9.52. The Bertz CT molecular complexity index is 699. The quantitative estimate of drug-likeness (QED) is 0.583. The van der Waals surface area contributed by atoms with E-state index in [4.69, 9.17) is 12.2 Å². The van der Waals surface area contributed by atoms with E-state index < -0.39 is 0 Å². The molecule has 0 fully saturated rings. The Morgan fingerprint density at radius 2 is 2.15 bits per heavy atom. The molecule has 0 amide bonds. The SMILES string of the molecule is Oc1ccc(CN2CCc3[nH]c(=S)ncc3C2)cc1O. The fraction of sp³-hybridized carbons (Fsp3) is 0.286. The molecular formula is C14H15N3O2S. The fourth-order valence-electron chi connectivity index (χ4n) is 2.47. The second-order valence-electron chi connectivity index (χ2n) is 4.98. The van der Waals surface area contributed by atoms with Crippen LogP contribution in [-0.4, -0.2) is 31.6 Å². The maximum Gasteiger partial charge on any atom is 0.196 e. The van der Waals surface area contributed by atoms with Crippen LogP contribution in [-0.2, 0) is 19.5 Å². The number of rotatable bonds is 2. The summed E-state index contributed by atoms with van der Waals surface area (Å²) in [5.74, 6) is -0.167. The molecule has 2 aromatic rings. The Morgan fingerprint density at radius 3 is 2.95 bits per heavy atom. The number of nitrogens with one attached hydrogen (secondary N) is 1. The molecule has 0 atom stereocenters. The molecule has 0 bridgehead atoms. The molecule has 0 spiro atoms. The van der Waals surface area contributed by atoms with Gasteiger partial charge in [-0.3, -0.25) is 4.90 Å². The first-order valence-electron chi connectivity index (χ1n) is 6.42. The molecule has 0 saturated heterocycles. The van der Waals surface area contributed by atoms with Gasteiger partial charge in [0.2, 0.25) is 0 Å². The number of phenolic OH excluding ortho intramolecular Hbond substituents is 2. The van der Waals surface area contributed by atoms with Crippen molar-refractivity contribution in [3.63, 3.8) is 0 Å². The standard InChI is InChI=1S/C14H15N3O2S/c18-12-2-1-9(5-13(12)19)7-17-4-3-11-10(8-17)6-15-14(20)16-11/h1-2,5-6,18-19H,3-4,7-8H2,(H,15,16,20). The van der Waals surface area contributed by atoms with Gasteiger partial charge in [-0.05, 0) is 29.9 Å². The summed E-state index contributed by atoms with van der Waals surface area (Å²) in [5, 5.41) is 18.8. The average molecular weight is 289 g/mol. The summed E-state index contributed by atoms with van der Waals surface area (Å²) < 4.78 is 0.528. The van der Waals surface area contributed by atoms with E-state index in [-0.39, 0.29) is 11.5 Å². The van der Waals surface area contributed by atoms with E-state index >= 15 is 0 Å². The highest BCUT2D eigenvalue weighted by Crippen LogP contribution is 2.26. The first-order valence-corrected chi connectivity index (χ1v) is 6.83. The fourth-order valence-corrected chi connectivity index (χ4v) is 2.64. The van der Waals surface area contributed by atoms with E-state index in [0.29, 0.717) is 4.77 Å². The Hall–Kier alpha value is -1.92. The van der Waals surface area contributed by atoms with Crippen molar-refractivity contribution in [3.8, 4) is 11.5 Å². The molecule has 20 heavy (non-hydrogen) atoms. The maximum atomic E-state index is 9.52. The summed E-state index contributed by atoms with van der Waals surface area (Å²) in [6, 6.07) is 4.93. The zero-order valence-electron chi connectivity index (χ0n) is 10.8. The Balaban J connectivity index is 1.75. The molecule has 1 aromatic carbocycles. The number of phenols is 2. The molecule has 0 saturated carbocycles. The highest BCUT2D eigenvalue weighted by Gasteiger charge is 2.17. The molecule has 0 aliphatic carbocycles. The van der Waals surface area contributed by atoms with E-state index in [9.17, 15) is 10.2 Å². The van der Waals surface area contributed by atoms with Gasteiger partial charge in [0.05, 0.1) is 0 Å². The predicted octanol–water partition coefficient (Wildman–Crippen LogP) is 2.11. The van der Waals surface area contributed by atoms with Crippen LogP contribution < -0.4 is 0 Å². The Kier molecular flexibility index (Phi) is 3.42. The highest BCUT2D eigenvalue weighted by molar-refractivity contribution is 7.71. The van der Waals surface area contributed by atoms with Gasteiger partial charge < -0.3 is 15.2 Å². The molecule has 3 rings (SSSR count). The van der Waals surface area contributed by atoms with Crippen molar-refractivity contribution >= 4 is 12.2 Å². The third-order valence-electron chi connectivity index (χ3n) is 3.50. The molecule has 2 heterocycles. The van der Waals surface area contributed by atoms with Gasteiger partial charge >= 0.3 is 0 Å². The summed E-state index contributed by atoms with van der Waals surface area (Å²) in [7, 11) is 0. The molecule has 6 heteroatoms. The lowest BCUT2D eigenvalue weighted by Crippen LogP contribution is -2.30. The number of fused-ring (bicyclic) bond motifs is 1. The lowest BCUT2D eigenvalue weighted by molar-refractivity contribution is 0.242. The van der Waals surface area contributed by atoms with Crippen molar-refractivity contribution in [2.24, 2.45) is 0 Å². The minimum absolute atomic E-state index is 0.0781. The second kappa shape index (κ2) is 5.22. The molecule has 5 nitrogen and oxygen atoms in total. The smallest absolute Gasteiger partial charge is 0.196 e. The molecule has 0 unspecified atom stereocenters. The first kappa shape index (κ1) is 13.1. The van der Waals surface area contributed by atoms with Gasteiger partial charge in [-0.15, -0.1) is 0 Å². The van der Waals surface area contributed by atoms with Crippen LogP contribution >= 0.6 is 12.2 Å². The van der Waals surface area contributed by atoms with Crippen LogP contribution in [0.3, 0.4) is 0 Å². The van der Waals surface area contributed by atoms with Gasteiger partial charge in [0.1, 0.15) is 0 Å². The minimum Gasteiger partial charge on any atom is -0.504 e. The van der Waals surface area contributed by atoms with Crippen LogP contribution in [0.2, 0.25) is 0 Å². The summed E-state index contributed by atoms with van der Waals surface area (Å²) in [6.45, 7) is 2.45. The van der Waals surface area contributed by atoms with Crippen LogP contribution in [0.1, 0.15) is 16.8 Å². The van der Waals surface area contributed by atoms with Crippen LogP contribution in [0.15, 0.2) is 24.4 Å².